The van der Waals surface area contributed by atoms with Crippen LogP contribution in [-0.4, -0.2) is 66.8 Å². The van der Waals surface area contributed by atoms with Gasteiger partial charge in [-0.25, -0.2) is 0 Å². The zero-order valence-electron chi connectivity index (χ0n) is 14.4. The van der Waals surface area contributed by atoms with E-state index in [9.17, 15) is 4.79 Å². The zero-order valence-corrected chi connectivity index (χ0v) is 14.4. The van der Waals surface area contributed by atoms with Gasteiger partial charge in [0.1, 0.15) is 11.5 Å². The number of furan rings is 1. The molecular formula is C19H24N2O4. The Hall–Kier alpha value is -2.15. The van der Waals surface area contributed by atoms with Gasteiger partial charge in [-0.05, 0) is 19.2 Å². The normalized spacial score (nSPS) is 18.6. The molecule has 3 rings (SSSR count). The van der Waals surface area contributed by atoms with E-state index in [1.165, 1.54) is 0 Å². The van der Waals surface area contributed by atoms with Gasteiger partial charge in [0.2, 0.25) is 0 Å². The van der Waals surface area contributed by atoms with Crippen LogP contribution >= 0.6 is 0 Å². The minimum absolute atomic E-state index is 0.0154. The molecule has 1 aliphatic heterocycles. The molecule has 1 unspecified atom stereocenters. The highest BCUT2D eigenvalue weighted by molar-refractivity contribution is 5.69. The van der Waals surface area contributed by atoms with E-state index < -0.39 is 5.97 Å². The van der Waals surface area contributed by atoms with Crippen LogP contribution < -0.4 is 0 Å². The number of hydrogen-bond acceptors (Lipinski definition) is 5. The predicted octanol–water partition coefficient (Wildman–Crippen LogP) is 2.16. The zero-order chi connectivity index (χ0) is 17.6. The van der Waals surface area contributed by atoms with Crippen molar-refractivity contribution in [1.29, 1.82) is 0 Å². The van der Waals surface area contributed by atoms with Crippen LogP contribution in [0.1, 0.15) is 5.76 Å². The average molecular weight is 344 g/mol. The van der Waals surface area contributed by atoms with Crippen LogP contribution in [0.2, 0.25) is 0 Å². The maximum absolute atomic E-state index is 10.8. The molecule has 25 heavy (non-hydrogen) atoms. The lowest BCUT2D eigenvalue weighted by Crippen LogP contribution is -2.47. The summed E-state index contributed by atoms with van der Waals surface area (Å²) < 4.78 is 11.7. The van der Waals surface area contributed by atoms with E-state index in [0.29, 0.717) is 13.2 Å². The van der Waals surface area contributed by atoms with Crippen molar-refractivity contribution in [2.75, 3.05) is 39.8 Å². The molecule has 1 aromatic carbocycles. The van der Waals surface area contributed by atoms with Crippen molar-refractivity contribution in [2.45, 2.75) is 12.6 Å². The van der Waals surface area contributed by atoms with Crippen LogP contribution in [-0.2, 0) is 16.1 Å². The Morgan fingerprint density at radius 3 is 2.84 bits per heavy atom. The number of aliphatic carboxylic acids is 1. The summed E-state index contributed by atoms with van der Waals surface area (Å²) in [7, 11) is 1.80. The Bertz CT molecular complexity index is 686. The Labute approximate surface area is 147 Å². The lowest BCUT2D eigenvalue weighted by Gasteiger charge is -2.34. The van der Waals surface area contributed by atoms with E-state index in [0.717, 1.165) is 36.7 Å². The van der Waals surface area contributed by atoms with Gasteiger partial charge in [0.05, 0.1) is 25.8 Å². The molecule has 6 heteroatoms. The predicted molar refractivity (Wildman–Crippen MR) is 94.3 cm³/mol. The van der Waals surface area contributed by atoms with E-state index in [1.54, 1.807) is 11.9 Å². The standard InChI is InChI=1S/C19H24N2O4/c1-20(14-19(22)23)11-17-13-21(9-10-24-17)12-16-7-8-18(25-16)15-5-3-2-4-6-15/h2-8,17H,9-14H2,1H3,(H,22,23). The number of likely N-dealkylation sites (N-methyl/N-ethyl adjacent to an activating group) is 1. The van der Waals surface area contributed by atoms with Crippen molar-refractivity contribution in [3.05, 3.63) is 48.2 Å². The van der Waals surface area contributed by atoms with Crippen LogP contribution in [0.3, 0.4) is 0 Å². The monoisotopic (exact) mass is 344 g/mol. The number of ether oxygens (including phenoxy) is 1. The second-order valence-electron chi connectivity index (χ2n) is 6.45. The van der Waals surface area contributed by atoms with E-state index in [-0.39, 0.29) is 12.6 Å². The van der Waals surface area contributed by atoms with Crippen LogP contribution in [0.5, 0.6) is 0 Å². The summed E-state index contributed by atoms with van der Waals surface area (Å²) in [4.78, 5) is 14.8. The lowest BCUT2D eigenvalue weighted by atomic mass is 10.2. The van der Waals surface area contributed by atoms with E-state index in [2.05, 4.69) is 4.90 Å². The molecule has 1 aromatic heterocycles. The van der Waals surface area contributed by atoms with Gasteiger partial charge in [-0.15, -0.1) is 0 Å². The van der Waals surface area contributed by atoms with Gasteiger partial charge >= 0.3 is 5.97 Å². The number of carboxylic acids is 1. The molecule has 0 radical (unpaired) electrons. The first-order chi connectivity index (χ1) is 12.1. The molecular weight excluding hydrogens is 320 g/mol. The first kappa shape index (κ1) is 17.7. The van der Waals surface area contributed by atoms with E-state index >= 15 is 0 Å². The summed E-state index contributed by atoms with van der Waals surface area (Å²) in [6.07, 6.45) is 0.0154. The summed E-state index contributed by atoms with van der Waals surface area (Å²) in [6.45, 7) is 3.63. The summed E-state index contributed by atoms with van der Waals surface area (Å²) >= 11 is 0. The summed E-state index contributed by atoms with van der Waals surface area (Å²) in [5.74, 6) is 0.985. The number of nitrogens with zero attached hydrogens (tertiary/aromatic N) is 2. The first-order valence-electron chi connectivity index (χ1n) is 8.48. The third-order valence-electron chi connectivity index (χ3n) is 4.24. The molecule has 134 valence electrons. The SMILES string of the molecule is CN(CC(=O)O)CC1CN(Cc2ccc(-c3ccccc3)o2)CCO1. The molecule has 1 N–H and O–H groups in total. The largest absolute Gasteiger partial charge is 0.480 e. The van der Waals surface area contributed by atoms with Gasteiger partial charge < -0.3 is 14.3 Å². The summed E-state index contributed by atoms with van der Waals surface area (Å²) in [5, 5.41) is 8.85. The smallest absolute Gasteiger partial charge is 0.317 e. The van der Waals surface area contributed by atoms with Crippen molar-refractivity contribution >= 4 is 5.97 Å². The second-order valence-corrected chi connectivity index (χ2v) is 6.45. The fraction of sp³-hybridized carbons (Fsp3) is 0.421. The molecule has 1 aliphatic rings. The number of carbonyl (C=O) groups is 1. The van der Waals surface area contributed by atoms with Gasteiger partial charge in [-0.2, -0.15) is 0 Å². The third-order valence-corrected chi connectivity index (χ3v) is 4.24. The van der Waals surface area contributed by atoms with Crippen LogP contribution in [0.15, 0.2) is 46.9 Å². The molecule has 0 amide bonds. The van der Waals surface area contributed by atoms with E-state index in [4.69, 9.17) is 14.3 Å². The van der Waals surface area contributed by atoms with Gasteiger partial charge in [0.25, 0.3) is 0 Å². The summed E-state index contributed by atoms with van der Waals surface area (Å²) in [5.41, 5.74) is 1.07. The van der Waals surface area contributed by atoms with Crippen LogP contribution in [0.4, 0.5) is 0 Å². The van der Waals surface area contributed by atoms with Crippen molar-refractivity contribution < 1.29 is 19.1 Å². The Morgan fingerprint density at radius 2 is 2.08 bits per heavy atom. The molecule has 6 nitrogen and oxygen atoms in total. The van der Waals surface area contributed by atoms with Gasteiger partial charge in [0.15, 0.2) is 0 Å². The molecule has 0 saturated carbocycles. The van der Waals surface area contributed by atoms with Crippen LogP contribution in [0, 0.1) is 0 Å². The van der Waals surface area contributed by atoms with Crippen molar-refractivity contribution in [3.63, 3.8) is 0 Å². The highest BCUT2D eigenvalue weighted by atomic mass is 16.5. The minimum Gasteiger partial charge on any atom is -0.480 e. The molecule has 0 spiro atoms. The molecule has 1 saturated heterocycles. The number of carboxylic acid groups (broad SMARTS) is 1. The fourth-order valence-electron chi connectivity index (χ4n) is 3.12. The number of morpholine rings is 1. The highest BCUT2D eigenvalue weighted by Crippen LogP contribution is 2.23. The molecule has 1 atom stereocenters. The first-order valence-corrected chi connectivity index (χ1v) is 8.48. The quantitative estimate of drug-likeness (QED) is 0.830. The topological polar surface area (TPSA) is 66.2 Å². The molecule has 0 aliphatic carbocycles. The third kappa shape index (κ3) is 5.16. The maximum Gasteiger partial charge on any atom is 0.317 e. The highest BCUT2D eigenvalue weighted by Gasteiger charge is 2.23. The van der Waals surface area contributed by atoms with Gasteiger partial charge in [-0.1, -0.05) is 30.3 Å². The van der Waals surface area contributed by atoms with Crippen molar-refractivity contribution in [3.8, 4) is 11.3 Å². The number of rotatable bonds is 7. The maximum atomic E-state index is 10.8. The van der Waals surface area contributed by atoms with Crippen LogP contribution in [0.25, 0.3) is 11.3 Å². The molecule has 1 fully saturated rings. The second kappa shape index (κ2) is 8.29. The Balaban J connectivity index is 1.54. The molecule has 2 heterocycles. The summed E-state index contributed by atoms with van der Waals surface area (Å²) in [6, 6.07) is 14.1. The van der Waals surface area contributed by atoms with Gasteiger partial charge in [-0.3, -0.25) is 14.6 Å². The van der Waals surface area contributed by atoms with E-state index in [1.807, 2.05) is 42.5 Å². The Morgan fingerprint density at radius 1 is 1.28 bits per heavy atom. The van der Waals surface area contributed by atoms with Crippen molar-refractivity contribution in [1.82, 2.24) is 9.80 Å². The average Bonchev–Trinajstić information content (AvgIpc) is 3.03. The number of benzene rings is 1. The lowest BCUT2D eigenvalue weighted by molar-refractivity contribution is -0.138. The molecule has 2 aromatic rings. The Kier molecular flexibility index (Phi) is 5.86. The van der Waals surface area contributed by atoms with Crippen molar-refractivity contribution in [2.24, 2.45) is 0 Å². The minimum atomic E-state index is -0.820. The van der Waals surface area contributed by atoms with Gasteiger partial charge in [0, 0.05) is 25.2 Å². The number of hydrogen-bond donors (Lipinski definition) is 1. The molecule has 0 bridgehead atoms. The fourth-order valence-corrected chi connectivity index (χ4v) is 3.12.